The van der Waals surface area contributed by atoms with Crippen molar-refractivity contribution in [3.05, 3.63) is 18.0 Å². The third kappa shape index (κ3) is 3.10. The third-order valence-corrected chi connectivity index (χ3v) is 3.26. The summed E-state index contributed by atoms with van der Waals surface area (Å²) < 4.78 is 1.80. The molecule has 1 amide bonds. The van der Waals surface area contributed by atoms with E-state index in [1.165, 1.54) is 5.56 Å². The van der Waals surface area contributed by atoms with E-state index in [0.717, 1.165) is 25.9 Å². The number of hydrogen-bond donors (Lipinski definition) is 1. The lowest BCUT2D eigenvalue weighted by molar-refractivity contribution is -0.129. The molecule has 1 fully saturated rings. The molecule has 5 heteroatoms. The molecule has 1 unspecified atom stereocenters. The number of nitrogens with one attached hydrogen (secondary N) is 1. The van der Waals surface area contributed by atoms with Crippen LogP contribution in [0.25, 0.3) is 0 Å². The summed E-state index contributed by atoms with van der Waals surface area (Å²) in [6.07, 6.45) is 5.67. The van der Waals surface area contributed by atoms with E-state index in [1.54, 1.807) is 4.68 Å². The second kappa shape index (κ2) is 5.52. The van der Waals surface area contributed by atoms with Gasteiger partial charge in [0.1, 0.15) is 0 Å². The highest BCUT2D eigenvalue weighted by Gasteiger charge is 2.31. The maximum atomic E-state index is 12.1. The molecule has 2 rings (SSSR count). The molecule has 1 N–H and O–H groups in total. The fourth-order valence-corrected chi connectivity index (χ4v) is 2.38. The van der Waals surface area contributed by atoms with Crippen LogP contribution in [-0.2, 0) is 18.3 Å². The van der Waals surface area contributed by atoms with Crippen molar-refractivity contribution in [1.29, 1.82) is 0 Å². The minimum atomic E-state index is 0.0129. The van der Waals surface area contributed by atoms with Gasteiger partial charge in [-0.3, -0.25) is 9.48 Å². The first-order chi connectivity index (χ1) is 8.56. The van der Waals surface area contributed by atoms with E-state index in [4.69, 9.17) is 0 Å². The summed E-state index contributed by atoms with van der Waals surface area (Å²) in [5.41, 5.74) is 1.19. The van der Waals surface area contributed by atoms with Gasteiger partial charge < -0.3 is 10.2 Å². The van der Waals surface area contributed by atoms with Gasteiger partial charge in [0.25, 0.3) is 0 Å². The summed E-state index contributed by atoms with van der Waals surface area (Å²) in [4.78, 5) is 14.1. The average molecular weight is 250 g/mol. The molecule has 1 aliphatic heterocycles. The Labute approximate surface area is 108 Å². The van der Waals surface area contributed by atoms with Crippen LogP contribution in [0.5, 0.6) is 0 Å². The third-order valence-electron chi connectivity index (χ3n) is 3.26. The van der Waals surface area contributed by atoms with Gasteiger partial charge in [-0.05, 0) is 18.4 Å². The molecule has 100 valence electrons. The molecule has 1 aliphatic rings. The second-order valence-electron chi connectivity index (χ2n) is 5.26. The zero-order chi connectivity index (χ0) is 13.1. The smallest absolute Gasteiger partial charge is 0.239 e. The quantitative estimate of drug-likeness (QED) is 0.831. The van der Waals surface area contributed by atoms with E-state index in [9.17, 15) is 4.79 Å². The average Bonchev–Trinajstić information content (AvgIpc) is 2.85. The van der Waals surface area contributed by atoms with Crippen LogP contribution in [-0.4, -0.2) is 45.8 Å². The Morgan fingerprint density at radius 2 is 2.33 bits per heavy atom. The Hall–Kier alpha value is -1.36. The number of amides is 1. The lowest BCUT2D eigenvalue weighted by Gasteiger charge is -2.18. The summed E-state index contributed by atoms with van der Waals surface area (Å²) in [7, 11) is 1.91. The van der Waals surface area contributed by atoms with Crippen LogP contribution in [0, 0.1) is 0 Å². The Morgan fingerprint density at radius 1 is 1.56 bits per heavy atom. The maximum absolute atomic E-state index is 12.1. The molecule has 0 aromatic carbocycles. The molecule has 0 saturated carbocycles. The Kier molecular flexibility index (Phi) is 4.01. The van der Waals surface area contributed by atoms with Crippen molar-refractivity contribution in [2.75, 3.05) is 13.1 Å². The number of likely N-dealkylation sites (tertiary alicyclic amines) is 1. The first-order valence-corrected chi connectivity index (χ1v) is 6.58. The number of carbonyl (C=O) groups is 1. The van der Waals surface area contributed by atoms with Gasteiger partial charge >= 0.3 is 0 Å². The Morgan fingerprint density at radius 3 is 2.94 bits per heavy atom. The molecule has 5 nitrogen and oxygen atoms in total. The predicted molar refractivity (Wildman–Crippen MR) is 70.2 cm³/mol. The van der Waals surface area contributed by atoms with Gasteiger partial charge in [0.05, 0.1) is 12.2 Å². The molecule has 0 radical (unpaired) electrons. The number of nitrogens with zero attached hydrogens (tertiary/aromatic N) is 3. The van der Waals surface area contributed by atoms with Crippen molar-refractivity contribution < 1.29 is 4.79 Å². The van der Waals surface area contributed by atoms with Crippen LogP contribution >= 0.6 is 0 Å². The zero-order valence-corrected chi connectivity index (χ0v) is 11.4. The Balaban J connectivity index is 1.82. The van der Waals surface area contributed by atoms with Gasteiger partial charge in [-0.2, -0.15) is 5.10 Å². The van der Waals surface area contributed by atoms with Crippen molar-refractivity contribution >= 4 is 5.91 Å². The number of rotatable bonds is 5. The summed E-state index contributed by atoms with van der Waals surface area (Å²) in [5.74, 6) is 0.243. The van der Waals surface area contributed by atoms with Crippen molar-refractivity contribution in [1.82, 2.24) is 20.0 Å². The van der Waals surface area contributed by atoms with E-state index in [-0.39, 0.29) is 11.9 Å². The van der Waals surface area contributed by atoms with Crippen LogP contribution in [0.2, 0.25) is 0 Å². The molecule has 0 aliphatic carbocycles. The van der Waals surface area contributed by atoms with Gasteiger partial charge in [-0.15, -0.1) is 0 Å². The van der Waals surface area contributed by atoms with Crippen molar-refractivity contribution in [3.63, 3.8) is 0 Å². The normalized spacial score (nSPS) is 20.1. The van der Waals surface area contributed by atoms with Crippen LogP contribution in [0.1, 0.15) is 25.8 Å². The minimum Gasteiger partial charge on any atom is -0.341 e. The molecule has 1 aromatic heterocycles. The predicted octanol–water partition coefficient (Wildman–Crippen LogP) is 0.561. The lowest BCUT2D eigenvalue weighted by Crippen LogP contribution is -2.41. The van der Waals surface area contributed by atoms with Crippen molar-refractivity contribution in [2.24, 2.45) is 7.05 Å². The first-order valence-electron chi connectivity index (χ1n) is 6.58. The van der Waals surface area contributed by atoms with E-state index in [0.29, 0.717) is 6.04 Å². The van der Waals surface area contributed by atoms with Crippen molar-refractivity contribution in [2.45, 2.75) is 38.8 Å². The SMILES string of the molecule is CC(C)NC1CCN(CCc2cnn(C)c2)C1=O. The van der Waals surface area contributed by atoms with Crippen molar-refractivity contribution in [3.8, 4) is 0 Å². The summed E-state index contributed by atoms with van der Waals surface area (Å²) in [6, 6.07) is 0.371. The number of hydrogen-bond acceptors (Lipinski definition) is 3. The monoisotopic (exact) mass is 250 g/mol. The molecule has 1 atom stereocenters. The van der Waals surface area contributed by atoms with E-state index >= 15 is 0 Å². The fourth-order valence-electron chi connectivity index (χ4n) is 2.38. The van der Waals surface area contributed by atoms with Crippen LogP contribution in [0.3, 0.4) is 0 Å². The molecule has 2 heterocycles. The van der Waals surface area contributed by atoms with Gasteiger partial charge in [0, 0.05) is 32.4 Å². The minimum absolute atomic E-state index is 0.0129. The molecule has 1 saturated heterocycles. The fraction of sp³-hybridized carbons (Fsp3) is 0.692. The summed E-state index contributed by atoms with van der Waals surface area (Å²) >= 11 is 0. The number of aryl methyl sites for hydroxylation is 1. The molecule has 0 bridgehead atoms. The van der Waals surface area contributed by atoms with E-state index in [1.807, 2.05) is 24.3 Å². The van der Waals surface area contributed by atoms with Gasteiger partial charge in [0.2, 0.25) is 5.91 Å². The van der Waals surface area contributed by atoms with E-state index < -0.39 is 0 Å². The van der Waals surface area contributed by atoms with Crippen LogP contribution in [0.15, 0.2) is 12.4 Å². The molecule has 0 spiro atoms. The highest BCUT2D eigenvalue weighted by Crippen LogP contribution is 2.12. The summed E-state index contributed by atoms with van der Waals surface area (Å²) in [6.45, 7) is 5.81. The van der Waals surface area contributed by atoms with Gasteiger partial charge in [-0.1, -0.05) is 13.8 Å². The number of aromatic nitrogens is 2. The topological polar surface area (TPSA) is 50.2 Å². The van der Waals surface area contributed by atoms with Crippen LogP contribution < -0.4 is 5.32 Å². The molecular formula is C13H22N4O. The molecular weight excluding hydrogens is 228 g/mol. The van der Waals surface area contributed by atoms with Gasteiger partial charge in [-0.25, -0.2) is 0 Å². The number of carbonyl (C=O) groups excluding carboxylic acids is 1. The standard InChI is InChI=1S/C13H22N4O/c1-10(2)15-12-5-7-17(13(12)18)6-4-11-8-14-16(3)9-11/h8-10,12,15H,4-7H2,1-3H3. The van der Waals surface area contributed by atoms with Crippen LogP contribution in [0.4, 0.5) is 0 Å². The maximum Gasteiger partial charge on any atom is 0.239 e. The van der Waals surface area contributed by atoms with Gasteiger partial charge in [0.15, 0.2) is 0 Å². The molecule has 18 heavy (non-hydrogen) atoms. The first kappa shape index (κ1) is 13.1. The zero-order valence-electron chi connectivity index (χ0n) is 11.4. The highest BCUT2D eigenvalue weighted by atomic mass is 16.2. The second-order valence-corrected chi connectivity index (χ2v) is 5.26. The largest absolute Gasteiger partial charge is 0.341 e. The molecule has 1 aromatic rings. The highest BCUT2D eigenvalue weighted by molar-refractivity contribution is 5.84. The lowest BCUT2D eigenvalue weighted by atomic mass is 10.2. The summed E-state index contributed by atoms with van der Waals surface area (Å²) in [5, 5.41) is 7.45. The Bertz CT molecular complexity index is 413. The van der Waals surface area contributed by atoms with E-state index in [2.05, 4.69) is 24.3 Å².